The monoisotopic (exact) mass is 396 g/mol. The average molecular weight is 396 g/mol. The Kier molecular flexibility index (Phi) is 5.55. The van der Waals surface area contributed by atoms with E-state index in [2.05, 4.69) is 0 Å². The molecule has 0 aliphatic carbocycles. The number of sulfonamides is 1. The summed E-state index contributed by atoms with van der Waals surface area (Å²) in [5, 5.41) is 5.07. The van der Waals surface area contributed by atoms with E-state index in [1.54, 1.807) is 32.2 Å². The molecule has 0 fully saturated rings. The lowest BCUT2D eigenvalue weighted by Gasteiger charge is -2.25. The molecule has 0 saturated carbocycles. The van der Waals surface area contributed by atoms with Crippen LogP contribution in [0.25, 0.3) is 0 Å². The Morgan fingerprint density at radius 3 is 2.08 bits per heavy atom. The average Bonchev–Trinajstić information content (AvgIpc) is 2.58. The maximum Gasteiger partial charge on any atom is 0.254 e. The smallest absolute Gasteiger partial charge is 0.254 e. The number of hydrogen-bond donors (Lipinski definition) is 1. The molecule has 2 aromatic rings. The Balaban J connectivity index is 2.28. The quantitative estimate of drug-likeness (QED) is 0.824. The fourth-order valence-corrected chi connectivity index (χ4v) is 3.58. The van der Waals surface area contributed by atoms with Gasteiger partial charge in [-0.05, 0) is 42.8 Å². The molecule has 26 heavy (non-hydrogen) atoms. The van der Waals surface area contributed by atoms with Gasteiger partial charge in [0.2, 0.25) is 10.0 Å². The molecule has 2 aromatic carbocycles. The van der Waals surface area contributed by atoms with Gasteiger partial charge in [-0.25, -0.2) is 22.0 Å². The lowest BCUT2D eigenvalue weighted by molar-refractivity contribution is 0.0742. The van der Waals surface area contributed by atoms with Gasteiger partial charge in [-0.3, -0.25) is 4.79 Å². The molecular formula is C17H20N2O5S2. The minimum atomic E-state index is -3.78. The lowest BCUT2D eigenvalue weighted by atomic mass is 10.1. The van der Waals surface area contributed by atoms with Gasteiger partial charge >= 0.3 is 0 Å². The molecule has 140 valence electrons. The molecule has 0 bridgehead atoms. The van der Waals surface area contributed by atoms with E-state index in [4.69, 9.17) is 5.14 Å². The predicted octanol–water partition coefficient (Wildman–Crippen LogP) is 1.57. The number of primary sulfonamides is 1. The van der Waals surface area contributed by atoms with Crippen LogP contribution < -0.4 is 5.14 Å². The molecule has 0 heterocycles. The standard InChI is InChI=1S/C17H20N2O5S2/c1-12(13-7-9-15(10-8-13)26(18,23)24)19(2)17(20)14-5-4-6-16(11-14)25(3,21)22/h4-12H,1-3H3,(H2,18,23,24)/t12-/m0/s1. The van der Waals surface area contributed by atoms with E-state index in [0.29, 0.717) is 5.56 Å². The van der Waals surface area contributed by atoms with Gasteiger partial charge in [-0.2, -0.15) is 0 Å². The Labute approximate surface area is 153 Å². The second kappa shape index (κ2) is 7.18. The second-order valence-electron chi connectivity index (χ2n) is 6.01. The summed E-state index contributed by atoms with van der Waals surface area (Å²) in [6, 6.07) is 11.4. The molecule has 7 nitrogen and oxygen atoms in total. The minimum Gasteiger partial charge on any atom is -0.335 e. The highest BCUT2D eigenvalue weighted by Gasteiger charge is 2.21. The zero-order valence-electron chi connectivity index (χ0n) is 14.6. The summed E-state index contributed by atoms with van der Waals surface area (Å²) in [5.74, 6) is -0.349. The molecule has 0 unspecified atom stereocenters. The molecule has 9 heteroatoms. The molecule has 0 radical (unpaired) electrons. The highest BCUT2D eigenvalue weighted by atomic mass is 32.2. The zero-order chi connectivity index (χ0) is 19.7. The van der Waals surface area contributed by atoms with E-state index in [1.165, 1.54) is 35.2 Å². The highest BCUT2D eigenvalue weighted by Crippen LogP contribution is 2.23. The van der Waals surface area contributed by atoms with Gasteiger partial charge in [0.1, 0.15) is 0 Å². The molecule has 0 aliphatic rings. The van der Waals surface area contributed by atoms with Crippen molar-refractivity contribution in [2.24, 2.45) is 5.14 Å². The maximum absolute atomic E-state index is 12.7. The number of nitrogens with two attached hydrogens (primary N) is 1. The van der Waals surface area contributed by atoms with E-state index in [1.807, 2.05) is 0 Å². The fraction of sp³-hybridized carbons (Fsp3) is 0.235. The van der Waals surface area contributed by atoms with E-state index < -0.39 is 19.9 Å². The molecule has 0 aromatic heterocycles. The van der Waals surface area contributed by atoms with Gasteiger partial charge in [0, 0.05) is 18.9 Å². The number of benzene rings is 2. The van der Waals surface area contributed by atoms with E-state index in [0.717, 1.165) is 6.26 Å². The third-order valence-electron chi connectivity index (χ3n) is 4.10. The topological polar surface area (TPSA) is 115 Å². The minimum absolute atomic E-state index is 0.0108. The van der Waals surface area contributed by atoms with Crippen LogP contribution in [0.3, 0.4) is 0 Å². The third-order valence-corrected chi connectivity index (χ3v) is 6.14. The lowest BCUT2D eigenvalue weighted by Crippen LogP contribution is -2.29. The summed E-state index contributed by atoms with van der Waals surface area (Å²) in [7, 11) is -5.61. The third kappa shape index (κ3) is 4.48. The van der Waals surface area contributed by atoms with E-state index in [9.17, 15) is 21.6 Å². The van der Waals surface area contributed by atoms with Crippen molar-refractivity contribution in [1.82, 2.24) is 4.90 Å². The molecule has 1 atom stereocenters. The number of amides is 1. The van der Waals surface area contributed by atoms with Crippen molar-refractivity contribution in [3.8, 4) is 0 Å². The number of hydrogen-bond acceptors (Lipinski definition) is 5. The van der Waals surface area contributed by atoms with Crippen LogP contribution in [0.2, 0.25) is 0 Å². The van der Waals surface area contributed by atoms with Gasteiger partial charge in [-0.1, -0.05) is 18.2 Å². The van der Waals surface area contributed by atoms with Crippen LogP contribution in [0.4, 0.5) is 0 Å². The molecule has 0 aliphatic heterocycles. The SMILES string of the molecule is C[C@@H](c1ccc(S(N)(=O)=O)cc1)N(C)C(=O)c1cccc(S(C)(=O)=O)c1. The molecule has 2 rings (SSSR count). The van der Waals surface area contributed by atoms with Crippen molar-refractivity contribution in [2.75, 3.05) is 13.3 Å². The molecular weight excluding hydrogens is 376 g/mol. The number of carbonyl (C=O) groups excluding carboxylic acids is 1. The highest BCUT2D eigenvalue weighted by molar-refractivity contribution is 7.90. The Bertz CT molecular complexity index is 1030. The number of nitrogens with zero attached hydrogens (tertiary/aromatic N) is 1. The van der Waals surface area contributed by atoms with Crippen LogP contribution >= 0.6 is 0 Å². The first-order valence-electron chi connectivity index (χ1n) is 7.61. The van der Waals surface area contributed by atoms with Gasteiger partial charge in [0.05, 0.1) is 15.8 Å². The van der Waals surface area contributed by atoms with E-state index >= 15 is 0 Å². The van der Waals surface area contributed by atoms with Crippen LogP contribution in [0.1, 0.15) is 28.9 Å². The van der Waals surface area contributed by atoms with Crippen molar-refractivity contribution in [3.05, 3.63) is 59.7 Å². The van der Waals surface area contributed by atoms with Crippen molar-refractivity contribution < 1.29 is 21.6 Å². The maximum atomic E-state index is 12.7. The van der Waals surface area contributed by atoms with Crippen LogP contribution in [-0.2, 0) is 19.9 Å². The van der Waals surface area contributed by atoms with Gasteiger partial charge in [0.25, 0.3) is 5.91 Å². The first-order chi connectivity index (χ1) is 11.9. The van der Waals surface area contributed by atoms with Crippen LogP contribution in [0.5, 0.6) is 0 Å². The fourth-order valence-electron chi connectivity index (χ4n) is 2.40. The molecule has 0 saturated heterocycles. The van der Waals surface area contributed by atoms with Crippen LogP contribution in [0, 0.1) is 0 Å². The zero-order valence-corrected chi connectivity index (χ0v) is 16.2. The summed E-state index contributed by atoms with van der Waals surface area (Å²) >= 11 is 0. The number of carbonyl (C=O) groups is 1. The van der Waals surface area contributed by atoms with Crippen molar-refractivity contribution in [1.29, 1.82) is 0 Å². The van der Waals surface area contributed by atoms with Gasteiger partial charge in [0.15, 0.2) is 9.84 Å². The number of sulfone groups is 1. The first-order valence-corrected chi connectivity index (χ1v) is 11.0. The summed E-state index contributed by atoms with van der Waals surface area (Å²) in [5.41, 5.74) is 0.968. The summed E-state index contributed by atoms with van der Waals surface area (Å²) < 4.78 is 46.0. The van der Waals surface area contributed by atoms with Crippen LogP contribution in [-0.4, -0.2) is 40.9 Å². The Hall–Kier alpha value is -2.23. The molecule has 1 amide bonds. The first kappa shape index (κ1) is 20.1. The Morgan fingerprint density at radius 1 is 1.00 bits per heavy atom. The summed E-state index contributed by atoms with van der Waals surface area (Å²) in [6.07, 6.45) is 1.08. The largest absolute Gasteiger partial charge is 0.335 e. The second-order valence-corrected chi connectivity index (χ2v) is 9.58. The summed E-state index contributed by atoms with van der Waals surface area (Å²) in [6.45, 7) is 1.78. The van der Waals surface area contributed by atoms with E-state index in [-0.39, 0.29) is 27.3 Å². The summed E-state index contributed by atoms with van der Waals surface area (Å²) in [4.78, 5) is 14.2. The van der Waals surface area contributed by atoms with Gasteiger partial charge < -0.3 is 4.90 Å². The van der Waals surface area contributed by atoms with Crippen molar-refractivity contribution in [3.63, 3.8) is 0 Å². The van der Waals surface area contributed by atoms with Crippen molar-refractivity contribution in [2.45, 2.75) is 22.8 Å². The number of rotatable bonds is 5. The molecule has 2 N–H and O–H groups in total. The van der Waals surface area contributed by atoms with Crippen molar-refractivity contribution >= 4 is 25.8 Å². The Morgan fingerprint density at radius 2 is 1.58 bits per heavy atom. The molecule has 0 spiro atoms. The predicted molar refractivity (Wildman–Crippen MR) is 97.9 cm³/mol. The van der Waals surface area contributed by atoms with Crippen LogP contribution in [0.15, 0.2) is 58.3 Å². The van der Waals surface area contributed by atoms with Gasteiger partial charge in [-0.15, -0.1) is 0 Å². The normalized spacial score (nSPS) is 13.2.